The van der Waals surface area contributed by atoms with E-state index in [1.165, 1.54) is 5.69 Å². The molecule has 0 bridgehead atoms. The minimum Gasteiger partial charge on any atom is -0.378 e. The zero-order valence-electron chi connectivity index (χ0n) is 16.1. The van der Waals surface area contributed by atoms with Crippen LogP contribution in [-0.2, 0) is 16.0 Å². The zero-order chi connectivity index (χ0) is 19.3. The van der Waals surface area contributed by atoms with E-state index in [4.69, 9.17) is 4.74 Å². The molecule has 2 heterocycles. The number of amides is 1. The standard InChI is InChI=1S/C23H25N3O2/c1-17(18-7-9-21(10-8-18)26-12-14-28-15-13-26)25-22(27)16-20-5-2-4-19-6-3-11-24-23(19)20/h2-11,17H,12-16H2,1H3,(H,25,27)/t17-/m1/s1. The maximum absolute atomic E-state index is 12.6. The molecular formula is C23H25N3O2. The number of aromatic nitrogens is 1. The molecule has 5 nitrogen and oxygen atoms in total. The fourth-order valence-corrected chi connectivity index (χ4v) is 3.65. The number of carbonyl (C=O) groups is 1. The Morgan fingerprint density at radius 2 is 1.86 bits per heavy atom. The van der Waals surface area contributed by atoms with Crippen LogP contribution in [0.3, 0.4) is 0 Å². The van der Waals surface area contributed by atoms with Crippen LogP contribution < -0.4 is 10.2 Å². The van der Waals surface area contributed by atoms with Crippen LogP contribution >= 0.6 is 0 Å². The molecule has 0 spiro atoms. The largest absolute Gasteiger partial charge is 0.378 e. The van der Waals surface area contributed by atoms with E-state index in [2.05, 4.69) is 39.5 Å². The molecule has 144 valence electrons. The van der Waals surface area contributed by atoms with Crippen molar-refractivity contribution >= 4 is 22.5 Å². The molecule has 1 amide bonds. The van der Waals surface area contributed by atoms with Gasteiger partial charge in [-0.3, -0.25) is 9.78 Å². The highest BCUT2D eigenvalue weighted by Gasteiger charge is 2.14. The number of hydrogen-bond donors (Lipinski definition) is 1. The van der Waals surface area contributed by atoms with Crippen LogP contribution in [-0.4, -0.2) is 37.2 Å². The first-order valence-electron chi connectivity index (χ1n) is 9.75. The Morgan fingerprint density at radius 3 is 2.64 bits per heavy atom. The molecule has 4 rings (SSSR count). The first kappa shape index (κ1) is 18.4. The predicted octanol–water partition coefficient (Wildman–Crippen LogP) is 3.49. The number of benzene rings is 2. The smallest absolute Gasteiger partial charge is 0.224 e. The molecule has 1 aliphatic rings. The number of rotatable bonds is 5. The summed E-state index contributed by atoms with van der Waals surface area (Å²) in [5.41, 5.74) is 4.14. The van der Waals surface area contributed by atoms with Gasteiger partial charge in [0.05, 0.1) is 31.2 Å². The Kier molecular flexibility index (Phi) is 5.53. The fourth-order valence-electron chi connectivity index (χ4n) is 3.65. The second-order valence-corrected chi connectivity index (χ2v) is 7.15. The third kappa shape index (κ3) is 4.15. The van der Waals surface area contributed by atoms with Crippen molar-refractivity contribution < 1.29 is 9.53 Å². The van der Waals surface area contributed by atoms with Gasteiger partial charge in [-0.1, -0.05) is 36.4 Å². The van der Waals surface area contributed by atoms with E-state index in [9.17, 15) is 4.79 Å². The van der Waals surface area contributed by atoms with Crippen LogP contribution in [0.2, 0.25) is 0 Å². The quantitative estimate of drug-likeness (QED) is 0.742. The number of nitrogens with one attached hydrogen (secondary N) is 1. The van der Waals surface area contributed by atoms with Gasteiger partial charge in [0.25, 0.3) is 0 Å². The molecule has 28 heavy (non-hydrogen) atoms. The lowest BCUT2D eigenvalue weighted by Gasteiger charge is -2.29. The molecule has 0 radical (unpaired) electrons. The lowest BCUT2D eigenvalue weighted by molar-refractivity contribution is -0.121. The van der Waals surface area contributed by atoms with Crippen molar-refractivity contribution in [1.29, 1.82) is 0 Å². The lowest BCUT2D eigenvalue weighted by atomic mass is 10.0. The van der Waals surface area contributed by atoms with Crippen molar-refractivity contribution in [3.05, 3.63) is 71.9 Å². The summed E-state index contributed by atoms with van der Waals surface area (Å²) in [4.78, 5) is 19.3. The SMILES string of the molecule is C[C@@H](NC(=O)Cc1cccc2cccnc12)c1ccc(N2CCOCC2)cc1. The van der Waals surface area contributed by atoms with Crippen molar-refractivity contribution in [2.75, 3.05) is 31.2 Å². The summed E-state index contributed by atoms with van der Waals surface area (Å²) in [6.45, 7) is 5.41. The average Bonchev–Trinajstić information content (AvgIpc) is 2.75. The highest BCUT2D eigenvalue weighted by atomic mass is 16.5. The third-order valence-electron chi connectivity index (χ3n) is 5.21. The molecule has 1 aromatic heterocycles. The number of ether oxygens (including phenoxy) is 1. The van der Waals surface area contributed by atoms with Gasteiger partial charge >= 0.3 is 0 Å². The molecule has 0 unspecified atom stereocenters. The van der Waals surface area contributed by atoms with Crippen molar-refractivity contribution in [2.24, 2.45) is 0 Å². The highest BCUT2D eigenvalue weighted by Crippen LogP contribution is 2.21. The van der Waals surface area contributed by atoms with Gasteiger partial charge in [0.2, 0.25) is 5.91 Å². The molecule has 0 saturated carbocycles. The number of morpholine rings is 1. The zero-order valence-corrected chi connectivity index (χ0v) is 16.1. The number of nitrogens with zero attached hydrogens (tertiary/aromatic N) is 2. The van der Waals surface area contributed by atoms with Gasteiger partial charge in [-0.25, -0.2) is 0 Å². The Hall–Kier alpha value is -2.92. The second-order valence-electron chi connectivity index (χ2n) is 7.15. The first-order valence-corrected chi connectivity index (χ1v) is 9.75. The van der Waals surface area contributed by atoms with E-state index in [1.807, 2.05) is 37.3 Å². The van der Waals surface area contributed by atoms with Crippen LogP contribution in [0, 0.1) is 0 Å². The fraction of sp³-hybridized carbons (Fsp3) is 0.304. The molecule has 1 fully saturated rings. The van der Waals surface area contributed by atoms with Gasteiger partial charge in [0.1, 0.15) is 0 Å². The second kappa shape index (κ2) is 8.40. The summed E-state index contributed by atoms with van der Waals surface area (Å²) < 4.78 is 5.41. The minimum absolute atomic E-state index is 0.00269. The van der Waals surface area contributed by atoms with Crippen LogP contribution in [0.25, 0.3) is 10.9 Å². The van der Waals surface area contributed by atoms with Crippen molar-refractivity contribution in [1.82, 2.24) is 10.3 Å². The third-order valence-corrected chi connectivity index (χ3v) is 5.21. The summed E-state index contributed by atoms with van der Waals surface area (Å²) in [6.07, 6.45) is 2.09. The average molecular weight is 375 g/mol. The molecule has 1 aliphatic heterocycles. The summed E-state index contributed by atoms with van der Waals surface area (Å²) in [6, 6.07) is 18.3. The number of para-hydroxylation sites is 1. The van der Waals surface area contributed by atoms with E-state index in [-0.39, 0.29) is 11.9 Å². The van der Waals surface area contributed by atoms with Crippen LogP contribution in [0.1, 0.15) is 24.1 Å². The van der Waals surface area contributed by atoms with Crippen molar-refractivity contribution in [2.45, 2.75) is 19.4 Å². The van der Waals surface area contributed by atoms with Crippen molar-refractivity contribution in [3.8, 4) is 0 Å². The molecule has 2 aromatic carbocycles. The number of fused-ring (bicyclic) bond motifs is 1. The van der Waals surface area contributed by atoms with Gasteiger partial charge in [0, 0.05) is 30.4 Å². The van der Waals surface area contributed by atoms with Gasteiger partial charge in [-0.05, 0) is 36.2 Å². The Balaban J connectivity index is 1.40. The first-order chi connectivity index (χ1) is 13.7. The maximum atomic E-state index is 12.6. The number of pyridine rings is 1. The molecule has 1 N–H and O–H groups in total. The normalized spacial score (nSPS) is 15.4. The van der Waals surface area contributed by atoms with Crippen molar-refractivity contribution in [3.63, 3.8) is 0 Å². The van der Waals surface area contributed by atoms with E-state index in [0.717, 1.165) is 48.3 Å². The maximum Gasteiger partial charge on any atom is 0.224 e. The van der Waals surface area contributed by atoms with E-state index in [0.29, 0.717) is 6.42 Å². The number of carbonyl (C=O) groups excluding carboxylic acids is 1. The van der Waals surface area contributed by atoms with E-state index in [1.54, 1.807) is 6.20 Å². The number of anilines is 1. The van der Waals surface area contributed by atoms with Gasteiger partial charge in [0.15, 0.2) is 0 Å². The molecule has 3 aromatic rings. The molecular weight excluding hydrogens is 350 g/mol. The summed E-state index contributed by atoms with van der Waals surface area (Å²) in [7, 11) is 0. The molecule has 0 aliphatic carbocycles. The topological polar surface area (TPSA) is 54.5 Å². The van der Waals surface area contributed by atoms with Gasteiger partial charge in [-0.2, -0.15) is 0 Å². The molecule has 1 saturated heterocycles. The summed E-state index contributed by atoms with van der Waals surface area (Å²) in [5.74, 6) is 0.00269. The summed E-state index contributed by atoms with van der Waals surface area (Å²) in [5, 5.41) is 4.16. The minimum atomic E-state index is -0.0471. The molecule has 1 atom stereocenters. The summed E-state index contributed by atoms with van der Waals surface area (Å²) >= 11 is 0. The number of hydrogen-bond acceptors (Lipinski definition) is 4. The van der Waals surface area contributed by atoms with E-state index >= 15 is 0 Å². The van der Waals surface area contributed by atoms with Crippen LogP contribution in [0.5, 0.6) is 0 Å². The van der Waals surface area contributed by atoms with Gasteiger partial charge < -0.3 is 15.0 Å². The van der Waals surface area contributed by atoms with Crippen LogP contribution in [0.4, 0.5) is 5.69 Å². The van der Waals surface area contributed by atoms with Crippen LogP contribution in [0.15, 0.2) is 60.8 Å². The molecule has 5 heteroatoms. The van der Waals surface area contributed by atoms with Gasteiger partial charge in [-0.15, -0.1) is 0 Å². The lowest BCUT2D eigenvalue weighted by Crippen LogP contribution is -2.36. The Morgan fingerprint density at radius 1 is 1.11 bits per heavy atom. The Bertz CT molecular complexity index is 944. The van der Waals surface area contributed by atoms with E-state index < -0.39 is 0 Å². The Labute approximate surface area is 165 Å². The monoisotopic (exact) mass is 375 g/mol. The highest BCUT2D eigenvalue weighted by molar-refractivity contribution is 5.87. The predicted molar refractivity (Wildman–Crippen MR) is 111 cm³/mol.